The molecule has 0 aliphatic rings. The summed E-state index contributed by atoms with van der Waals surface area (Å²) in [7, 11) is 0. The fourth-order valence-electron chi connectivity index (χ4n) is 1.61. The second-order valence-corrected chi connectivity index (χ2v) is 4.56. The summed E-state index contributed by atoms with van der Waals surface area (Å²) < 4.78 is 13.2. The molecule has 2 rings (SSSR count). The average molecular weight is 266 g/mol. The van der Waals surface area contributed by atoms with Crippen molar-refractivity contribution >= 4 is 23.0 Å². The molecule has 0 bridgehead atoms. The van der Waals surface area contributed by atoms with Crippen LogP contribution in [0.1, 0.15) is 17.3 Å². The highest BCUT2D eigenvalue weighted by Gasteiger charge is 2.21. The van der Waals surface area contributed by atoms with E-state index < -0.39 is 17.8 Å². The van der Waals surface area contributed by atoms with Crippen molar-refractivity contribution in [3.8, 4) is 0 Å². The first-order valence-electron chi connectivity index (χ1n) is 5.21. The molecule has 0 aliphatic heterocycles. The van der Waals surface area contributed by atoms with E-state index in [1.165, 1.54) is 23.5 Å². The number of hydrogen-bond acceptors (Lipinski definition) is 4. The van der Waals surface area contributed by atoms with E-state index >= 15 is 0 Å². The number of halogens is 1. The first-order valence-corrected chi connectivity index (χ1v) is 6.15. The third kappa shape index (κ3) is 2.84. The molecule has 18 heavy (non-hydrogen) atoms. The highest BCUT2D eigenvalue weighted by Crippen LogP contribution is 2.21. The zero-order chi connectivity index (χ0) is 13.1. The van der Waals surface area contributed by atoms with Gasteiger partial charge < -0.3 is 10.4 Å². The van der Waals surface area contributed by atoms with Gasteiger partial charge in [-0.15, -0.1) is 11.3 Å². The molecule has 1 aromatic carbocycles. The number of thiazole rings is 1. The van der Waals surface area contributed by atoms with Crippen LogP contribution in [0.5, 0.6) is 0 Å². The van der Waals surface area contributed by atoms with Gasteiger partial charge in [0.2, 0.25) is 0 Å². The zero-order valence-electron chi connectivity index (χ0n) is 9.55. The van der Waals surface area contributed by atoms with Crippen LogP contribution in [0.2, 0.25) is 0 Å². The lowest BCUT2D eigenvalue weighted by atomic mass is 10.1. The second-order valence-electron chi connectivity index (χ2n) is 3.85. The fourth-order valence-corrected chi connectivity index (χ4v) is 2.19. The summed E-state index contributed by atoms with van der Waals surface area (Å²) in [5.74, 6) is -1.46. The van der Waals surface area contributed by atoms with E-state index in [1.54, 1.807) is 23.9 Å². The van der Waals surface area contributed by atoms with Crippen LogP contribution < -0.4 is 5.32 Å². The third-order valence-electron chi connectivity index (χ3n) is 2.35. The molecule has 0 spiro atoms. The average Bonchev–Trinajstić information content (AvgIpc) is 2.77. The Morgan fingerprint density at radius 1 is 1.50 bits per heavy atom. The first-order chi connectivity index (χ1) is 8.56. The number of carboxylic acids is 1. The number of benzene rings is 1. The van der Waals surface area contributed by atoms with Crippen molar-refractivity contribution in [1.82, 2.24) is 4.98 Å². The summed E-state index contributed by atoms with van der Waals surface area (Å²) in [5.41, 5.74) is 3.12. The number of aromatic nitrogens is 1. The molecule has 0 amide bonds. The Morgan fingerprint density at radius 2 is 2.28 bits per heavy atom. The van der Waals surface area contributed by atoms with Crippen LogP contribution in [-0.4, -0.2) is 16.1 Å². The van der Waals surface area contributed by atoms with Crippen molar-refractivity contribution in [2.24, 2.45) is 0 Å². The van der Waals surface area contributed by atoms with Crippen molar-refractivity contribution in [2.45, 2.75) is 13.0 Å². The second kappa shape index (κ2) is 5.14. The number of carbonyl (C=O) groups is 1. The minimum absolute atomic E-state index is 0.403. The summed E-state index contributed by atoms with van der Waals surface area (Å²) in [6.45, 7) is 1.74. The Bertz CT molecular complexity index is 537. The summed E-state index contributed by atoms with van der Waals surface area (Å²) in [4.78, 5) is 15.1. The van der Waals surface area contributed by atoms with Gasteiger partial charge in [-0.2, -0.15) is 0 Å². The number of carboxylic acid groups (broad SMARTS) is 1. The molecule has 1 aromatic heterocycles. The maximum Gasteiger partial charge on any atom is 0.332 e. The van der Waals surface area contributed by atoms with Gasteiger partial charge in [0.25, 0.3) is 0 Å². The molecule has 0 radical (unpaired) electrons. The molecule has 2 N–H and O–H groups in total. The van der Waals surface area contributed by atoms with Gasteiger partial charge in [-0.25, -0.2) is 14.2 Å². The molecule has 0 fully saturated rings. The van der Waals surface area contributed by atoms with Gasteiger partial charge in [-0.1, -0.05) is 0 Å². The van der Waals surface area contributed by atoms with Gasteiger partial charge in [0.05, 0.1) is 11.2 Å². The topological polar surface area (TPSA) is 62.2 Å². The van der Waals surface area contributed by atoms with Crippen LogP contribution >= 0.6 is 11.3 Å². The largest absolute Gasteiger partial charge is 0.479 e. The van der Waals surface area contributed by atoms with E-state index in [2.05, 4.69) is 10.3 Å². The number of aryl methyl sites for hydroxylation is 1. The predicted octanol–water partition coefficient (Wildman–Crippen LogP) is 2.83. The predicted molar refractivity (Wildman–Crippen MR) is 67.3 cm³/mol. The first kappa shape index (κ1) is 12.5. The Morgan fingerprint density at radius 3 is 2.83 bits per heavy atom. The normalized spacial score (nSPS) is 12.1. The highest BCUT2D eigenvalue weighted by atomic mass is 32.1. The number of nitrogens with one attached hydrogen (secondary N) is 1. The third-order valence-corrected chi connectivity index (χ3v) is 2.95. The molecule has 1 unspecified atom stereocenters. The van der Waals surface area contributed by atoms with E-state index in [1.807, 2.05) is 0 Å². The van der Waals surface area contributed by atoms with Crippen LogP contribution in [0.4, 0.5) is 10.1 Å². The van der Waals surface area contributed by atoms with Crippen LogP contribution in [0.3, 0.4) is 0 Å². The van der Waals surface area contributed by atoms with Gasteiger partial charge in [0.1, 0.15) is 5.82 Å². The molecule has 0 saturated heterocycles. The fraction of sp³-hybridized carbons (Fsp3) is 0.167. The van der Waals surface area contributed by atoms with Crippen LogP contribution in [-0.2, 0) is 4.79 Å². The summed E-state index contributed by atoms with van der Waals surface area (Å²) in [5, 5.41) is 13.6. The van der Waals surface area contributed by atoms with E-state index in [9.17, 15) is 9.18 Å². The smallest absolute Gasteiger partial charge is 0.332 e. The number of aliphatic carboxylic acids is 1. The standard InChI is InChI=1S/C12H11FN2O2S/c1-7-2-8(13)4-9(3-7)15-11(12(16)17)10-5-18-6-14-10/h2-6,11,15H,1H3,(H,16,17). The molecule has 1 heterocycles. The van der Waals surface area contributed by atoms with E-state index in [-0.39, 0.29) is 0 Å². The lowest BCUT2D eigenvalue weighted by Crippen LogP contribution is -2.20. The Labute approximate surface area is 107 Å². The zero-order valence-corrected chi connectivity index (χ0v) is 10.4. The molecule has 6 heteroatoms. The van der Waals surface area contributed by atoms with Crippen molar-refractivity contribution in [2.75, 3.05) is 5.32 Å². The van der Waals surface area contributed by atoms with E-state index in [4.69, 9.17) is 5.11 Å². The van der Waals surface area contributed by atoms with Crippen molar-refractivity contribution in [1.29, 1.82) is 0 Å². The number of anilines is 1. The summed E-state index contributed by atoms with van der Waals surface area (Å²) in [6, 6.07) is 3.35. The van der Waals surface area contributed by atoms with Crippen LogP contribution in [0, 0.1) is 12.7 Å². The van der Waals surface area contributed by atoms with Crippen molar-refractivity contribution in [3.05, 3.63) is 46.2 Å². The van der Waals surface area contributed by atoms with Gasteiger partial charge >= 0.3 is 5.97 Å². The Balaban J connectivity index is 2.27. The molecule has 94 valence electrons. The molecule has 0 saturated carbocycles. The quantitative estimate of drug-likeness (QED) is 0.893. The van der Waals surface area contributed by atoms with Gasteiger partial charge in [0.15, 0.2) is 6.04 Å². The Kier molecular flexibility index (Phi) is 3.57. The molecule has 1 atom stereocenters. The maximum absolute atomic E-state index is 13.2. The van der Waals surface area contributed by atoms with E-state index in [0.29, 0.717) is 11.4 Å². The van der Waals surface area contributed by atoms with Crippen molar-refractivity contribution in [3.63, 3.8) is 0 Å². The summed E-state index contributed by atoms with van der Waals surface area (Å²) in [6.07, 6.45) is 0. The minimum atomic E-state index is -1.05. The Hall–Kier alpha value is -1.95. The summed E-state index contributed by atoms with van der Waals surface area (Å²) >= 11 is 1.31. The molecule has 2 aromatic rings. The molecular formula is C12H11FN2O2S. The maximum atomic E-state index is 13.2. The van der Waals surface area contributed by atoms with Gasteiger partial charge in [0, 0.05) is 11.1 Å². The number of nitrogens with zero attached hydrogens (tertiary/aromatic N) is 1. The lowest BCUT2D eigenvalue weighted by molar-refractivity contribution is -0.138. The molecule has 0 aliphatic carbocycles. The lowest BCUT2D eigenvalue weighted by Gasteiger charge is -2.14. The van der Waals surface area contributed by atoms with E-state index in [0.717, 1.165) is 5.56 Å². The highest BCUT2D eigenvalue weighted by molar-refractivity contribution is 7.07. The van der Waals surface area contributed by atoms with Gasteiger partial charge in [-0.3, -0.25) is 0 Å². The number of hydrogen-bond donors (Lipinski definition) is 2. The van der Waals surface area contributed by atoms with Gasteiger partial charge in [-0.05, 0) is 30.7 Å². The van der Waals surface area contributed by atoms with Crippen molar-refractivity contribution < 1.29 is 14.3 Å². The monoisotopic (exact) mass is 266 g/mol. The molecule has 4 nitrogen and oxygen atoms in total. The van der Waals surface area contributed by atoms with Crippen LogP contribution in [0.15, 0.2) is 29.1 Å². The SMILES string of the molecule is Cc1cc(F)cc(NC(C(=O)O)c2cscn2)c1. The number of rotatable bonds is 4. The van der Waals surface area contributed by atoms with Crippen LogP contribution in [0.25, 0.3) is 0 Å². The molecular weight excluding hydrogens is 255 g/mol. The minimum Gasteiger partial charge on any atom is -0.479 e.